The van der Waals surface area contributed by atoms with Gasteiger partial charge in [-0.05, 0) is 56.4 Å². The van der Waals surface area contributed by atoms with Crippen molar-refractivity contribution in [3.8, 4) is 0 Å². The van der Waals surface area contributed by atoms with Crippen molar-refractivity contribution >= 4 is 0 Å². The van der Waals surface area contributed by atoms with E-state index in [9.17, 15) is 0 Å². The molecule has 0 aromatic carbocycles. The molecule has 0 radical (unpaired) electrons. The van der Waals surface area contributed by atoms with Crippen molar-refractivity contribution in [3.63, 3.8) is 0 Å². The fraction of sp³-hybridized carbons (Fsp3) is 1.00. The summed E-state index contributed by atoms with van der Waals surface area (Å²) in [6.07, 6.45) is 9.86. The second kappa shape index (κ2) is 8.13. The highest BCUT2D eigenvalue weighted by Crippen LogP contribution is 2.36. The summed E-state index contributed by atoms with van der Waals surface area (Å²) in [5, 5.41) is 3.81. The Morgan fingerprint density at radius 2 is 1.88 bits per heavy atom. The van der Waals surface area contributed by atoms with Gasteiger partial charge in [-0.3, -0.25) is 0 Å². The fourth-order valence-corrected chi connectivity index (χ4v) is 3.20. The number of rotatable bonds is 8. The third-order valence-corrected chi connectivity index (χ3v) is 4.44. The van der Waals surface area contributed by atoms with E-state index >= 15 is 0 Å². The first-order chi connectivity index (χ1) is 8.17. The Morgan fingerprint density at radius 3 is 2.41 bits per heavy atom. The maximum atomic E-state index is 3.81. The van der Waals surface area contributed by atoms with Crippen molar-refractivity contribution in [2.75, 3.05) is 6.54 Å². The Kier molecular flexibility index (Phi) is 7.18. The Morgan fingerprint density at radius 1 is 1.12 bits per heavy atom. The van der Waals surface area contributed by atoms with Gasteiger partial charge in [0.15, 0.2) is 0 Å². The lowest BCUT2D eigenvalue weighted by Crippen LogP contribution is -2.36. The van der Waals surface area contributed by atoms with Crippen molar-refractivity contribution in [1.82, 2.24) is 5.32 Å². The first kappa shape index (κ1) is 15.0. The average Bonchev–Trinajstić information content (AvgIpc) is 2.77. The lowest BCUT2D eigenvalue weighted by atomic mass is 9.90. The smallest absolute Gasteiger partial charge is 0.00955 e. The van der Waals surface area contributed by atoms with Gasteiger partial charge in [-0.1, -0.05) is 40.5 Å². The lowest BCUT2D eigenvalue weighted by molar-refractivity contribution is 0.312. The van der Waals surface area contributed by atoms with Crippen molar-refractivity contribution < 1.29 is 0 Å². The first-order valence-electron chi connectivity index (χ1n) is 7.90. The van der Waals surface area contributed by atoms with Crippen LogP contribution in [-0.4, -0.2) is 12.6 Å². The monoisotopic (exact) mass is 239 g/mol. The van der Waals surface area contributed by atoms with Crippen LogP contribution in [0.3, 0.4) is 0 Å². The summed E-state index contributed by atoms with van der Waals surface area (Å²) in [6.45, 7) is 10.5. The van der Waals surface area contributed by atoms with E-state index < -0.39 is 0 Å². The van der Waals surface area contributed by atoms with Crippen LogP contribution in [0.15, 0.2) is 0 Å². The molecule has 102 valence electrons. The first-order valence-corrected chi connectivity index (χ1v) is 7.90. The van der Waals surface area contributed by atoms with Crippen LogP contribution in [0.1, 0.15) is 72.6 Å². The molecule has 3 atom stereocenters. The largest absolute Gasteiger partial charge is 0.314 e. The molecule has 1 saturated carbocycles. The summed E-state index contributed by atoms with van der Waals surface area (Å²) in [7, 11) is 0. The molecule has 1 aliphatic carbocycles. The summed E-state index contributed by atoms with van der Waals surface area (Å²) in [5.41, 5.74) is 0. The van der Waals surface area contributed by atoms with Crippen LogP contribution in [0.4, 0.5) is 0 Å². The second-order valence-corrected chi connectivity index (χ2v) is 6.38. The Labute approximate surface area is 109 Å². The minimum absolute atomic E-state index is 0.800. The van der Waals surface area contributed by atoms with E-state index in [1.165, 1.54) is 51.5 Å². The lowest BCUT2D eigenvalue weighted by Gasteiger charge is -2.26. The standard InChI is InChI=1S/C16H33N/c1-5-11-17-16(10-7-13(3)4)15-9-8-14(6-2)12-15/h13-17H,5-12H2,1-4H3. The third kappa shape index (κ3) is 5.42. The van der Waals surface area contributed by atoms with Crippen molar-refractivity contribution in [2.45, 2.75) is 78.7 Å². The molecule has 0 bridgehead atoms. The number of hydrogen-bond acceptors (Lipinski definition) is 1. The molecular weight excluding hydrogens is 206 g/mol. The number of hydrogen-bond donors (Lipinski definition) is 1. The summed E-state index contributed by atoms with van der Waals surface area (Å²) < 4.78 is 0. The zero-order valence-electron chi connectivity index (χ0n) is 12.5. The summed E-state index contributed by atoms with van der Waals surface area (Å²) in [6, 6.07) is 0.800. The van der Waals surface area contributed by atoms with Gasteiger partial charge in [-0.2, -0.15) is 0 Å². The number of nitrogens with one attached hydrogen (secondary N) is 1. The van der Waals surface area contributed by atoms with Crippen molar-refractivity contribution in [2.24, 2.45) is 17.8 Å². The predicted molar refractivity (Wildman–Crippen MR) is 77.3 cm³/mol. The van der Waals surface area contributed by atoms with Gasteiger partial charge in [0.25, 0.3) is 0 Å². The zero-order valence-corrected chi connectivity index (χ0v) is 12.5. The van der Waals surface area contributed by atoms with Gasteiger partial charge in [-0.25, -0.2) is 0 Å². The molecule has 1 nitrogen and oxygen atoms in total. The minimum Gasteiger partial charge on any atom is -0.314 e. The van der Waals surface area contributed by atoms with Crippen LogP contribution in [0.5, 0.6) is 0 Å². The highest BCUT2D eigenvalue weighted by atomic mass is 14.9. The highest BCUT2D eigenvalue weighted by molar-refractivity contribution is 4.84. The molecule has 0 aliphatic heterocycles. The summed E-state index contributed by atoms with van der Waals surface area (Å²) in [4.78, 5) is 0. The quantitative estimate of drug-likeness (QED) is 0.652. The van der Waals surface area contributed by atoms with Crippen LogP contribution < -0.4 is 5.32 Å². The second-order valence-electron chi connectivity index (χ2n) is 6.38. The molecule has 1 heteroatoms. The van der Waals surface area contributed by atoms with E-state index in [-0.39, 0.29) is 0 Å². The third-order valence-electron chi connectivity index (χ3n) is 4.44. The molecule has 1 aliphatic rings. The minimum atomic E-state index is 0.800. The van der Waals surface area contributed by atoms with Gasteiger partial charge in [0.05, 0.1) is 0 Å². The molecule has 0 saturated heterocycles. The van der Waals surface area contributed by atoms with Crippen molar-refractivity contribution in [3.05, 3.63) is 0 Å². The summed E-state index contributed by atoms with van der Waals surface area (Å²) in [5.74, 6) is 2.83. The molecule has 0 aromatic heterocycles. The molecule has 1 rings (SSSR count). The van der Waals surface area contributed by atoms with Gasteiger partial charge in [-0.15, -0.1) is 0 Å². The molecule has 1 fully saturated rings. The average molecular weight is 239 g/mol. The maximum absolute atomic E-state index is 3.81. The molecule has 0 amide bonds. The molecule has 17 heavy (non-hydrogen) atoms. The van der Waals surface area contributed by atoms with Crippen molar-refractivity contribution in [1.29, 1.82) is 0 Å². The van der Waals surface area contributed by atoms with Gasteiger partial charge in [0, 0.05) is 6.04 Å². The Hall–Kier alpha value is -0.0400. The van der Waals surface area contributed by atoms with Gasteiger partial charge in [0.2, 0.25) is 0 Å². The van der Waals surface area contributed by atoms with E-state index in [1.54, 1.807) is 0 Å². The molecule has 3 unspecified atom stereocenters. The van der Waals surface area contributed by atoms with Crippen LogP contribution in [0.25, 0.3) is 0 Å². The maximum Gasteiger partial charge on any atom is 0.00955 e. The highest BCUT2D eigenvalue weighted by Gasteiger charge is 2.29. The fourth-order valence-electron chi connectivity index (χ4n) is 3.20. The van der Waals surface area contributed by atoms with Gasteiger partial charge < -0.3 is 5.32 Å². The molecule has 0 aromatic rings. The molecular formula is C16H33N. The van der Waals surface area contributed by atoms with Crippen LogP contribution in [-0.2, 0) is 0 Å². The normalized spacial score (nSPS) is 26.6. The van der Waals surface area contributed by atoms with Crippen LogP contribution >= 0.6 is 0 Å². The van der Waals surface area contributed by atoms with Crippen LogP contribution in [0, 0.1) is 17.8 Å². The van der Waals surface area contributed by atoms with E-state index in [2.05, 4.69) is 33.0 Å². The Balaban J connectivity index is 2.39. The topological polar surface area (TPSA) is 12.0 Å². The zero-order chi connectivity index (χ0) is 12.7. The van der Waals surface area contributed by atoms with E-state index in [1.807, 2.05) is 0 Å². The van der Waals surface area contributed by atoms with Gasteiger partial charge in [0.1, 0.15) is 0 Å². The van der Waals surface area contributed by atoms with Gasteiger partial charge >= 0.3 is 0 Å². The van der Waals surface area contributed by atoms with E-state index in [0.29, 0.717) is 0 Å². The molecule has 0 spiro atoms. The van der Waals surface area contributed by atoms with Crippen LogP contribution in [0.2, 0.25) is 0 Å². The molecule has 1 N–H and O–H groups in total. The van der Waals surface area contributed by atoms with E-state index in [0.717, 1.165) is 23.8 Å². The Bertz CT molecular complexity index is 188. The molecule has 0 heterocycles. The summed E-state index contributed by atoms with van der Waals surface area (Å²) >= 11 is 0. The SMILES string of the molecule is CCCNC(CCC(C)C)C1CCC(CC)C1. The predicted octanol–water partition coefficient (Wildman–Crippen LogP) is 4.62. The van der Waals surface area contributed by atoms with E-state index in [4.69, 9.17) is 0 Å².